The first-order valence-electron chi connectivity index (χ1n) is 7.23. The van der Waals surface area contributed by atoms with Gasteiger partial charge < -0.3 is 5.32 Å². The van der Waals surface area contributed by atoms with E-state index in [0.29, 0.717) is 6.04 Å². The minimum atomic E-state index is 0.228. The summed E-state index contributed by atoms with van der Waals surface area (Å²) in [4.78, 5) is 18.5. The van der Waals surface area contributed by atoms with Crippen LogP contribution in [0.25, 0.3) is 0 Å². The largest absolute Gasteiger partial charge is 0.353 e. The quantitative estimate of drug-likeness (QED) is 0.892. The Morgan fingerprint density at radius 3 is 2.74 bits per heavy atom. The van der Waals surface area contributed by atoms with Gasteiger partial charge in [-0.05, 0) is 50.4 Å². The number of likely N-dealkylation sites (tertiary alicyclic amines) is 1. The monoisotopic (exact) mass is 259 g/mol. The highest BCUT2D eigenvalue weighted by Gasteiger charge is 2.29. The summed E-state index contributed by atoms with van der Waals surface area (Å²) in [7, 11) is 0. The molecule has 1 aromatic rings. The van der Waals surface area contributed by atoms with E-state index in [4.69, 9.17) is 0 Å². The van der Waals surface area contributed by atoms with Crippen LogP contribution < -0.4 is 5.32 Å². The second-order valence-electron chi connectivity index (χ2n) is 5.69. The van der Waals surface area contributed by atoms with Crippen molar-refractivity contribution < 1.29 is 4.79 Å². The number of carbonyl (C=O) groups excluding carboxylic acids is 1. The van der Waals surface area contributed by atoms with E-state index < -0.39 is 0 Å². The van der Waals surface area contributed by atoms with Crippen molar-refractivity contribution in [1.82, 2.24) is 15.2 Å². The Bertz CT molecular complexity index is 422. The number of carbonyl (C=O) groups is 1. The van der Waals surface area contributed by atoms with Gasteiger partial charge in [0.25, 0.3) is 0 Å². The Morgan fingerprint density at radius 1 is 1.32 bits per heavy atom. The molecule has 19 heavy (non-hydrogen) atoms. The Kier molecular flexibility index (Phi) is 3.78. The minimum absolute atomic E-state index is 0.228. The molecule has 0 bridgehead atoms. The Balaban J connectivity index is 1.45. The molecule has 1 saturated carbocycles. The lowest BCUT2D eigenvalue weighted by Crippen LogP contribution is -2.40. The molecule has 1 aliphatic carbocycles. The molecule has 2 fully saturated rings. The SMILES string of the molecule is O=C(NC1CC1)C1CCN(Cc2cccnc2)CC1. The van der Waals surface area contributed by atoms with Crippen molar-refractivity contribution in [3.63, 3.8) is 0 Å². The molecular weight excluding hydrogens is 238 g/mol. The van der Waals surface area contributed by atoms with E-state index in [1.807, 2.05) is 12.3 Å². The van der Waals surface area contributed by atoms with Gasteiger partial charge in [-0.3, -0.25) is 14.7 Å². The van der Waals surface area contributed by atoms with Crippen LogP contribution in [0.15, 0.2) is 24.5 Å². The van der Waals surface area contributed by atoms with Crippen LogP contribution in [0.1, 0.15) is 31.2 Å². The molecule has 2 heterocycles. The highest BCUT2D eigenvalue weighted by Crippen LogP contribution is 2.23. The highest BCUT2D eigenvalue weighted by molar-refractivity contribution is 5.79. The molecule has 1 N–H and O–H groups in total. The predicted octanol–water partition coefficient (Wildman–Crippen LogP) is 1.57. The van der Waals surface area contributed by atoms with Crippen molar-refractivity contribution in [2.45, 2.75) is 38.3 Å². The smallest absolute Gasteiger partial charge is 0.223 e. The molecule has 1 amide bonds. The first kappa shape index (κ1) is 12.6. The number of amides is 1. The molecule has 2 aliphatic rings. The first-order valence-corrected chi connectivity index (χ1v) is 7.23. The van der Waals surface area contributed by atoms with Gasteiger partial charge >= 0.3 is 0 Å². The van der Waals surface area contributed by atoms with Gasteiger partial charge in [-0.15, -0.1) is 0 Å². The van der Waals surface area contributed by atoms with Crippen LogP contribution in [0.5, 0.6) is 0 Å². The summed E-state index contributed by atoms with van der Waals surface area (Å²) in [5, 5.41) is 3.12. The molecule has 4 heteroatoms. The fourth-order valence-corrected chi connectivity index (χ4v) is 2.65. The zero-order valence-electron chi connectivity index (χ0n) is 11.2. The average molecular weight is 259 g/mol. The van der Waals surface area contributed by atoms with E-state index in [-0.39, 0.29) is 11.8 Å². The van der Waals surface area contributed by atoms with Crippen molar-refractivity contribution in [2.75, 3.05) is 13.1 Å². The molecular formula is C15H21N3O. The highest BCUT2D eigenvalue weighted by atomic mass is 16.2. The number of nitrogens with one attached hydrogen (secondary N) is 1. The van der Waals surface area contributed by atoms with E-state index in [0.717, 1.165) is 32.5 Å². The van der Waals surface area contributed by atoms with Crippen LogP contribution in [0.3, 0.4) is 0 Å². The lowest BCUT2D eigenvalue weighted by molar-refractivity contribution is -0.126. The lowest BCUT2D eigenvalue weighted by atomic mass is 9.95. The lowest BCUT2D eigenvalue weighted by Gasteiger charge is -2.31. The number of piperidine rings is 1. The van der Waals surface area contributed by atoms with Gasteiger partial charge in [-0.1, -0.05) is 6.07 Å². The van der Waals surface area contributed by atoms with Gasteiger partial charge in [0, 0.05) is 30.9 Å². The average Bonchev–Trinajstić information content (AvgIpc) is 3.25. The van der Waals surface area contributed by atoms with Crippen LogP contribution in [0, 0.1) is 5.92 Å². The summed E-state index contributed by atoms with van der Waals surface area (Å²) in [6.45, 7) is 2.97. The van der Waals surface area contributed by atoms with Crippen LogP contribution in [0.4, 0.5) is 0 Å². The van der Waals surface area contributed by atoms with E-state index in [1.165, 1.54) is 18.4 Å². The number of hydrogen-bond donors (Lipinski definition) is 1. The molecule has 1 saturated heterocycles. The second kappa shape index (κ2) is 5.70. The van der Waals surface area contributed by atoms with Crippen LogP contribution in [-0.4, -0.2) is 34.9 Å². The Hall–Kier alpha value is -1.42. The zero-order chi connectivity index (χ0) is 13.1. The Labute approximate surface area is 114 Å². The summed E-state index contributed by atoms with van der Waals surface area (Å²) in [6, 6.07) is 4.57. The maximum Gasteiger partial charge on any atom is 0.223 e. The van der Waals surface area contributed by atoms with Gasteiger partial charge in [0.2, 0.25) is 5.91 Å². The van der Waals surface area contributed by atoms with Crippen molar-refractivity contribution in [2.24, 2.45) is 5.92 Å². The molecule has 0 unspecified atom stereocenters. The van der Waals surface area contributed by atoms with Gasteiger partial charge in [0.1, 0.15) is 0 Å². The third kappa shape index (κ3) is 3.53. The van der Waals surface area contributed by atoms with Crippen molar-refractivity contribution >= 4 is 5.91 Å². The summed E-state index contributed by atoms with van der Waals surface area (Å²) >= 11 is 0. The second-order valence-corrected chi connectivity index (χ2v) is 5.69. The number of pyridine rings is 1. The summed E-state index contributed by atoms with van der Waals surface area (Å²) in [5.74, 6) is 0.509. The van der Waals surface area contributed by atoms with E-state index in [2.05, 4.69) is 21.3 Å². The van der Waals surface area contributed by atoms with Crippen molar-refractivity contribution in [3.8, 4) is 0 Å². The molecule has 0 radical (unpaired) electrons. The normalized spacial score (nSPS) is 21.3. The number of hydrogen-bond acceptors (Lipinski definition) is 3. The summed E-state index contributed by atoms with van der Waals surface area (Å²) < 4.78 is 0. The molecule has 3 rings (SSSR count). The van der Waals surface area contributed by atoms with Gasteiger partial charge in [0.15, 0.2) is 0 Å². The fraction of sp³-hybridized carbons (Fsp3) is 0.600. The molecule has 0 atom stereocenters. The van der Waals surface area contributed by atoms with Gasteiger partial charge in [-0.2, -0.15) is 0 Å². The van der Waals surface area contributed by atoms with Crippen LogP contribution in [0.2, 0.25) is 0 Å². The number of nitrogens with zero attached hydrogens (tertiary/aromatic N) is 2. The van der Waals surface area contributed by atoms with Crippen LogP contribution >= 0.6 is 0 Å². The standard InChI is InChI=1S/C15H21N3O/c19-15(17-14-3-4-14)13-5-8-18(9-6-13)11-12-2-1-7-16-10-12/h1-2,7,10,13-14H,3-6,8-9,11H2,(H,17,19). The minimum Gasteiger partial charge on any atom is -0.353 e. The molecule has 102 valence electrons. The number of aromatic nitrogens is 1. The summed E-state index contributed by atoms with van der Waals surface area (Å²) in [5.41, 5.74) is 1.25. The van der Waals surface area contributed by atoms with Gasteiger partial charge in [0.05, 0.1) is 0 Å². The predicted molar refractivity (Wildman–Crippen MR) is 73.4 cm³/mol. The first-order chi connectivity index (χ1) is 9.31. The van der Waals surface area contributed by atoms with Crippen LogP contribution in [-0.2, 0) is 11.3 Å². The third-order valence-corrected chi connectivity index (χ3v) is 4.01. The van der Waals surface area contributed by atoms with Crippen molar-refractivity contribution in [1.29, 1.82) is 0 Å². The maximum atomic E-state index is 12.0. The third-order valence-electron chi connectivity index (χ3n) is 4.01. The van der Waals surface area contributed by atoms with E-state index >= 15 is 0 Å². The topological polar surface area (TPSA) is 45.2 Å². The molecule has 0 spiro atoms. The van der Waals surface area contributed by atoms with E-state index in [1.54, 1.807) is 6.20 Å². The summed E-state index contributed by atoms with van der Waals surface area (Å²) in [6.07, 6.45) is 8.04. The Morgan fingerprint density at radius 2 is 2.11 bits per heavy atom. The molecule has 1 aromatic heterocycles. The van der Waals surface area contributed by atoms with Gasteiger partial charge in [-0.25, -0.2) is 0 Å². The molecule has 1 aliphatic heterocycles. The maximum absolute atomic E-state index is 12.0. The number of rotatable bonds is 4. The fourth-order valence-electron chi connectivity index (χ4n) is 2.65. The van der Waals surface area contributed by atoms with Crippen molar-refractivity contribution in [3.05, 3.63) is 30.1 Å². The molecule has 4 nitrogen and oxygen atoms in total. The van der Waals surface area contributed by atoms with E-state index in [9.17, 15) is 4.79 Å². The molecule has 0 aromatic carbocycles. The zero-order valence-corrected chi connectivity index (χ0v) is 11.2.